The van der Waals surface area contributed by atoms with Crippen molar-refractivity contribution >= 4 is 43.3 Å². The van der Waals surface area contributed by atoms with Gasteiger partial charge in [-0.1, -0.05) is 34.1 Å². The van der Waals surface area contributed by atoms with Gasteiger partial charge in [0.25, 0.3) is 5.91 Å². The summed E-state index contributed by atoms with van der Waals surface area (Å²) >= 11 is 3.38. The van der Waals surface area contributed by atoms with Crippen LogP contribution in [0.5, 0.6) is 5.75 Å². The van der Waals surface area contributed by atoms with E-state index in [0.29, 0.717) is 17.1 Å². The summed E-state index contributed by atoms with van der Waals surface area (Å²) in [6.07, 6.45) is 1.04. The predicted octanol–water partition coefficient (Wildman–Crippen LogP) is 3.07. The first-order chi connectivity index (χ1) is 13.1. The predicted molar refractivity (Wildman–Crippen MR) is 114 cm³/mol. The maximum absolute atomic E-state index is 12.4. The molecular weight excluding hydrogens is 446 g/mol. The highest BCUT2D eigenvalue weighted by Crippen LogP contribution is 2.30. The second-order valence-electron chi connectivity index (χ2n) is 6.19. The Morgan fingerprint density at radius 1 is 1.25 bits per heavy atom. The van der Waals surface area contributed by atoms with Crippen LogP contribution >= 0.6 is 15.9 Å². The number of rotatable bonds is 7. The molecule has 0 atom stereocenters. The summed E-state index contributed by atoms with van der Waals surface area (Å²) in [5.41, 5.74) is 4.97. The molecule has 0 heterocycles. The van der Waals surface area contributed by atoms with Crippen LogP contribution in [0.4, 0.5) is 5.69 Å². The van der Waals surface area contributed by atoms with Crippen LogP contribution in [0.3, 0.4) is 0 Å². The molecule has 0 spiro atoms. The molecule has 0 saturated heterocycles. The van der Waals surface area contributed by atoms with Crippen LogP contribution in [0.25, 0.3) is 0 Å². The average molecular weight is 468 g/mol. The number of methoxy groups -OCH3 is 1. The van der Waals surface area contributed by atoms with E-state index < -0.39 is 22.5 Å². The Morgan fingerprint density at radius 3 is 2.57 bits per heavy atom. The van der Waals surface area contributed by atoms with Crippen LogP contribution in [-0.2, 0) is 14.8 Å². The molecule has 0 aliphatic carbocycles. The van der Waals surface area contributed by atoms with Gasteiger partial charge in [-0.2, -0.15) is 5.10 Å². The van der Waals surface area contributed by atoms with Crippen LogP contribution < -0.4 is 14.5 Å². The smallest absolute Gasteiger partial charge is 0.260 e. The van der Waals surface area contributed by atoms with E-state index in [9.17, 15) is 13.2 Å². The van der Waals surface area contributed by atoms with Crippen molar-refractivity contribution < 1.29 is 17.9 Å². The largest absolute Gasteiger partial charge is 0.495 e. The number of aryl methyl sites for hydroxylation is 1. The van der Waals surface area contributed by atoms with Gasteiger partial charge in [-0.05, 0) is 49.2 Å². The zero-order chi connectivity index (χ0) is 20.9. The minimum Gasteiger partial charge on any atom is -0.495 e. The molecule has 28 heavy (non-hydrogen) atoms. The van der Waals surface area contributed by atoms with Crippen molar-refractivity contribution in [3.8, 4) is 5.75 Å². The van der Waals surface area contributed by atoms with Crippen LogP contribution in [0.15, 0.2) is 52.0 Å². The quantitative estimate of drug-likeness (QED) is 0.500. The third-order valence-electron chi connectivity index (χ3n) is 3.88. The minimum atomic E-state index is -3.72. The number of carbonyl (C=O) groups excluding carboxylic acids is 1. The topological polar surface area (TPSA) is 88.1 Å². The second-order valence-corrected chi connectivity index (χ2v) is 9.01. The first kappa shape index (κ1) is 21.9. The Bertz CT molecular complexity index is 1010. The van der Waals surface area contributed by atoms with Crippen molar-refractivity contribution in [3.05, 3.63) is 58.1 Å². The highest BCUT2D eigenvalue weighted by Gasteiger charge is 2.24. The summed E-state index contributed by atoms with van der Waals surface area (Å²) in [5, 5.41) is 4.07. The van der Waals surface area contributed by atoms with E-state index in [1.54, 1.807) is 25.1 Å². The Kier molecular flexibility index (Phi) is 7.20. The van der Waals surface area contributed by atoms with Gasteiger partial charge in [-0.25, -0.2) is 13.8 Å². The average Bonchev–Trinajstić information content (AvgIpc) is 2.63. The summed E-state index contributed by atoms with van der Waals surface area (Å²) in [6, 6.07) is 12.6. The molecule has 1 amide bonds. The van der Waals surface area contributed by atoms with Crippen molar-refractivity contribution in [2.24, 2.45) is 5.10 Å². The van der Waals surface area contributed by atoms with Gasteiger partial charge in [0, 0.05) is 4.47 Å². The molecule has 2 aromatic carbocycles. The number of sulfonamides is 1. The van der Waals surface area contributed by atoms with Crippen molar-refractivity contribution in [3.63, 3.8) is 0 Å². The fourth-order valence-electron chi connectivity index (χ4n) is 2.47. The van der Waals surface area contributed by atoms with Gasteiger partial charge in [0.1, 0.15) is 12.3 Å². The molecule has 0 unspecified atom stereocenters. The maximum atomic E-state index is 12.4. The Morgan fingerprint density at radius 2 is 1.96 bits per heavy atom. The molecular formula is C19H22BrN3O4S. The van der Waals surface area contributed by atoms with Crippen LogP contribution in [-0.4, -0.2) is 39.9 Å². The van der Waals surface area contributed by atoms with E-state index in [1.807, 2.05) is 31.2 Å². The molecule has 150 valence electrons. The first-order valence-corrected chi connectivity index (χ1v) is 11.0. The van der Waals surface area contributed by atoms with Crippen molar-refractivity contribution in [2.75, 3.05) is 24.2 Å². The first-order valence-electron chi connectivity index (χ1n) is 8.33. The monoisotopic (exact) mass is 467 g/mol. The molecule has 0 aromatic heterocycles. The molecule has 2 aromatic rings. The lowest BCUT2D eigenvalue weighted by atomic mass is 10.1. The van der Waals surface area contributed by atoms with Crippen LogP contribution in [0, 0.1) is 6.92 Å². The van der Waals surface area contributed by atoms with Gasteiger partial charge < -0.3 is 4.74 Å². The Balaban J connectivity index is 2.23. The Labute approximate surface area is 173 Å². The van der Waals surface area contributed by atoms with E-state index in [0.717, 1.165) is 26.2 Å². The normalized spacial score (nSPS) is 11.8. The maximum Gasteiger partial charge on any atom is 0.260 e. The SMILES string of the molecule is COc1ccc(C)cc1N(CC(=O)N/N=C(/C)c1cccc(Br)c1)S(C)(=O)=O. The number of hydrazone groups is 1. The third-order valence-corrected chi connectivity index (χ3v) is 5.50. The van der Waals surface area contributed by atoms with Crippen LogP contribution in [0.2, 0.25) is 0 Å². The highest BCUT2D eigenvalue weighted by molar-refractivity contribution is 9.10. The third kappa shape index (κ3) is 5.80. The molecule has 2 rings (SSSR count). The van der Waals surface area contributed by atoms with Crippen molar-refractivity contribution in [2.45, 2.75) is 13.8 Å². The second kappa shape index (κ2) is 9.20. The standard InChI is InChI=1S/C19H22BrN3O4S/c1-13-8-9-18(27-3)17(10-13)23(28(4,25)26)12-19(24)22-21-14(2)15-6-5-7-16(20)11-15/h5-11H,12H2,1-4H3,(H,22,24)/b21-14-. The number of anilines is 1. The van der Waals surface area contributed by atoms with Gasteiger partial charge in [0.2, 0.25) is 10.0 Å². The lowest BCUT2D eigenvalue weighted by molar-refractivity contribution is -0.119. The number of halogens is 1. The summed E-state index contributed by atoms with van der Waals surface area (Å²) in [5.74, 6) is -0.207. The molecule has 0 saturated carbocycles. The van der Waals surface area contributed by atoms with E-state index >= 15 is 0 Å². The number of carbonyl (C=O) groups is 1. The molecule has 0 fully saturated rings. The number of ether oxygens (including phenoxy) is 1. The molecule has 0 radical (unpaired) electrons. The number of nitrogens with zero attached hydrogens (tertiary/aromatic N) is 2. The summed E-state index contributed by atoms with van der Waals surface area (Å²) < 4.78 is 31.7. The fraction of sp³-hybridized carbons (Fsp3) is 0.263. The number of benzene rings is 2. The molecule has 0 bridgehead atoms. The molecule has 9 heteroatoms. The number of hydrogen-bond acceptors (Lipinski definition) is 5. The lowest BCUT2D eigenvalue weighted by Gasteiger charge is -2.23. The molecule has 7 nitrogen and oxygen atoms in total. The molecule has 1 N–H and O–H groups in total. The highest BCUT2D eigenvalue weighted by atomic mass is 79.9. The van der Waals surface area contributed by atoms with E-state index in [4.69, 9.17) is 4.74 Å². The van der Waals surface area contributed by atoms with Gasteiger partial charge >= 0.3 is 0 Å². The lowest BCUT2D eigenvalue weighted by Crippen LogP contribution is -2.39. The molecule has 0 aliphatic rings. The minimum absolute atomic E-state index is 0.299. The van der Waals surface area contributed by atoms with E-state index in [2.05, 4.69) is 26.5 Å². The fourth-order valence-corrected chi connectivity index (χ4v) is 3.72. The van der Waals surface area contributed by atoms with Gasteiger partial charge in [0.15, 0.2) is 0 Å². The summed E-state index contributed by atoms with van der Waals surface area (Å²) in [4.78, 5) is 12.4. The number of nitrogens with one attached hydrogen (secondary N) is 1. The number of amides is 1. The zero-order valence-corrected chi connectivity index (χ0v) is 18.5. The van der Waals surface area contributed by atoms with Gasteiger partial charge in [0.05, 0.1) is 24.8 Å². The van der Waals surface area contributed by atoms with Gasteiger partial charge in [-0.15, -0.1) is 0 Å². The van der Waals surface area contributed by atoms with E-state index in [-0.39, 0.29) is 0 Å². The van der Waals surface area contributed by atoms with E-state index in [1.165, 1.54) is 7.11 Å². The van der Waals surface area contributed by atoms with Crippen LogP contribution in [0.1, 0.15) is 18.1 Å². The zero-order valence-electron chi connectivity index (χ0n) is 16.1. The Hall–Kier alpha value is -2.39. The summed E-state index contributed by atoms with van der Waals surface area (Å²) in [7, 11) is -2.28. The molecule has 0 aliphatic heterocycles. The number of hydrogen-bond donors (Lipinski definition) is 1. The summed E-state index contributed by atoms with van der Waals surface area (Å²) in [6.45, 7) is 3.16. The van der Waals surface area contributed by atoms with Crippen molar-refractivity contribution in [1.82, 2.24) is 5.43 Å². The van der Waals surface area contributed by atoms with Crippen molar-refractivity contribution in [1.29, 1.82) is 0 Å². The van der Waals surface area contributed by atoms with Gasteiger partial charge in [-0.3, -0.25) is 9.10 Å².